The van der Waals surface area contributed by atoms with E-state index in [2.05, 4.69) is 29.7 Å². The number of fused-ring (bicyclic) bond motifs is 1. The third-order valence-electron chi connectivity index (χ3n) is 4.65. The van der Waals surface area contributed by atoms with Crippen LogP contribution in [0.4, 0.5) is 5.69 Å². The quantitative estimate of drug-likeness (QED) is 0.373. The molecule has 2 N–H and O–H groups in total. The number of aryl methyl sites for hydroxylation is 1. The molecule has 1 aliphatic heterocycles. The van der Waals surface area contributed by atoms with E-state index in [-0.39, 0.29) is 0 Å². The van der Waals surface area contributed by atoms with Crippen LogP contribution in [0.15, 0.2) is 47.5 Å². The van der Waals surface area contributed by atoms with Crippen LogP contribution in [0.2, 0.25) is 0 Å². The van der Waals surface area contributed by atoms with Crippen LogP contribution in [-0.4, -0.2) is 52.6 Å². The number of nitrogens with one attached hydrogen (secondary N) is 2. The minimum Gasteiger partial charge on any atom is -0.490 e. The number of methoxy groups -OCH3 is 1. The summed E-state index contributed by atoms with van der Waals surface area (Å²) >= 11 is 0. The predicted octanol–water partition coefficient (Wildman–Crippen LogP) is 3.38. The van der Waals surface area contributed by atoms with Crippen molar-refractivity contribution in [1.29, 1.82) is 0 Å². The van der Waals surface area contributed by atoms with Gasteiger partial charge in [-0.1, -0.05) is 24.3 Å². The highest BCUT2D eigenvalue weighted by molar-refractivity contribution is 5.94. The fourth-order valence-corrected chi connectivity index (χ4v) is 2.96. The van der Waals surface area contributed by atoms with E-state index in [1.54, 1.807) is 7.11 Å². The lowest BCUT2D eigenvalue weighted by Crippen LogP contribution is -2.33. The lowest BCUT2D eigenvalue weighted by Gasteiger charge is -2.15. The summed E-state index contributed by atoms with van der Waals surface area (Å²) in [7, 11) is 1.66. The van der Waals surface area contributed by atoms with Gasteiger partial charge in [-0.05, 0) is 30.2 Å². The highest BCUT2D eigenvalue weighted by Gasteiger charge is 2.11. The van der Waals surface area contributed by atoms with Gasteiger partial charge in [-0.2, -0.15) is 0 Å². The van der Waals surface area contributed by atoms with Gasteiger partial charge in [0.25, 0.3) is 0 Å². The number of hydrogen-bond donors (Lipinski definition) is 2. The average Bonchev–Trinajstić information content (AvgIpc) is 3.00. The molecule has 7 heteroatoms. The molecule has 0 spiro atoms. The first-order valence-corrected chi connectivity index (χ1v) is 10.3. The number of rotatable bonds is 9. The summed E-state index contributed by atoms with van der Waals surface area (Å²) in [6.45, 7) is 6.36. The molecule has 0 atom stereocenters. The second-order valence-electron chi connectivity index (χ2n) is 6.96. The largest absolute Gasteiger partial charge is 0.490 e. The highest BCUT2D eigenvalue weighted by Crippen LogP contribution is 2.32. The molecule has 0 fully saturated rings. The van der Waals surface area contributed by atoms with Crippen molar-refractivity contribution < 1.29 is 18.9 Å². The smallest absolute Gasteiger partial charge is 0.196 e. The van der Waals surface area contributed by atoms with Gasteiger partial charge in [0.05, 0.1) is 39.6 Å². The monoisotopic (exact) mass is 413 g/mol. The first-order chi connectivity index (χ1) is 14.8. The number of benzene rings is 2. The summed E-state index contributed by atoms with van der Waals surface area (Å²) in [5.74, 6) is 2.21. The van der Waals surface area contributed by atoms with Gasteiger partial charge >= 0.3 is 0 Å². The maximum atomic E-state index is 5.79. The van der Waals surface area contributed by atoms with E-state index in [4.69, 9.17) is 23.9 Å². The Balaban J connectivity index is 1.66. The minimum absolute atomic E-state index is 0.565. The first kappa shape index (κ1) is 21.9. The summed E-state index contributed by atoms with van der Waals surface area (Å²) in [4.78, 5) is 4.76. The van der Waals surface area contributed by atoms with E-state index >= 15 is 0 Å². The SMILES string of the molecule is COCCOCCNC(=NCc1ccccc1C)Nc1ccc2c(c1)OCCCO2. The van der Waals surface area contributed by atoms with Crippen LogP contribution in [0.5, 0.6) is 11.5 Å². The molecule has 0 amide bonds. The summed E-state index contributed by atoms with van der Waals surface area (Å²) < 4.78 is 22.0. The van der Waals surface area contributed by atoms with Crippen LogP contribution in [-0.2, 0) is 16.0 Å². The molecule has 0 unspecified atom stereocenters. The number of nitrogens with zero attached hydrogens (tertiary/aromatic N) is 1. The van der Waals surface area contributed by atoms with Crippen LogP contribution < -0.4 is 20.1 Å². The zero-order valence-corrected chi connectivity index (χ0v) is 17.8. The molecule has 0 aliphatic carbocycles. The van der Waals surface area contributed by atoms with Crippen LogP contribution in [0.25, 0.3) is 0 Å². The molecule has 0 bridgehead atoms. The average molecular weight is 414 g/mol. The van der Waals surface area contributed by atoms with Gasteiger partial charge in [0.15, 0.2) is 17.5 Å². The third kappa shape index (κ3) is 6.93. The van der Waals surface area contributed by atoms with Gasteiger partial charge in [-0.25, -0.2) is 4.99 Å². The standard InChI is InChI=1S/C23H31N3O4/c1-18-6-3-4-7-19(18)17-25-23(24-10-13-28-15-14-27-2)26-20-8-9-21-22(16-20)30-12-5-11-29-21/h3-4,6-9,16H,5,10-15,17H2,1-2H3,(H2,24,25,26). The van der Waals surface area contributed by atoms with Crippen LogP contribution >= 0.6 is 0 Å². The number of ether oxygens (including phenoxy) is 4. The second-order valence-corrected chi connectivity index (χ2v) is 6.96. The topological polar surface area (TPSA) is 73.3 Å². The third-order valence-corrected chi connectivity index (χ3v) is 4.65. The number of hydrogen-bond acceptors (Lipinski definition) is 5. The maximum absolute atomic E-state index is 5.79. The van der Waals surface area contributed by atoms with E-state index in [9.17, 15) is 0 Å². The van der Waals surface area contributed by atoms with Crippen molar-refractivity contribution in [3.63, 3.8) is 0 Å². The molecule has 30 heavy (non-hydrogen) atoms. The highest BCUT2D eigenvalue weighted by atomic mass is 16.5. The van der Waals surface area contributed by atoms with Crippen molar-refractivity contribution >= 4 is 11.6 Å². The van der Waals surface area contributed by atoms with Crippen molar-refractivity contribution in [3.05, 3.63) is 53.6 Å². The fourth-order valence-electron chi connectivity index (χ4n) is 2.96. The normalized spacial score (nSPS) is 13.6. The maximum Gasteiger partial charge on any atom is 0.196 e. The molecule has 7 nitrogen and oxygen atoms in total. The fraction of sp³-hybridized carbons (Fsp3) is 0.435. The zero-order valence-electron chi connectivity index (χ0n) is 17.8. The summed E-state index contributed by atoms with van der Waals surface area (Å²) in [6, 6.07) is 14.1. The molecule has 0 radical (unpaired) electrons. The van der Waals surface area contributed by atoms with Crippen LogP contribution in [0.3, 0.4) is 0 Å². The summed E-state index contributed by atoms with van der Waals surface area (Å²) in [5, 5.41) is 6.69. The van der Waals surface area contributed by atoms with Crippen molar-refractivity contribution in [2.45, 2.75) is 19.9 Å². The molecular weight excluding hydrogens is 382 g/mol. The number of aliphatic imine (C=N–C) groups is 1. The predicted molar refractivity (Wildman–Crippen MR) is 119 cm³/mol. The summed E-state index contributed by atoms with van der Waals surface area (Å²) in [5.41, 5.74) is 3.29. The van der Waals surface area contributed by atoms with E-state index in [0.717, 1.165) is 23.6 Å². The van der Waals surface area contributed by atoms with Gasteiger partial charge in [-0.15, -0.1) is 0 Å². The van der Waals surface area contributed by atoms with Crippen molar-refractivity contribution in [3.8, 4) is 11.5 Å². The lowest BCUT2D eigenvalue weighted by atomic mass is 10.1. The Morgan fingerprint density at radius 3 is 2.70 bits per heavy atom. The van der Waals surface area contributed by atoms with Gasteiger partial charge in [0.1, 0.15) is 0 Å². The number of anilines is 1. The molecule has 1 aliphatic rings. The van der Waals surface area contributed by atoms with E-state index in [1.165, 1.54) is 11.1 Å². The summed E-state index contributed by atoms with van der Waals surface area (Å²) in [6.07, 6.45) is 0.880. The Hall–Kier alpha value is -2.77. The zero-order chi connectivity index (χ0) is 21.0. The van der Waals surface area contributed by atoms with E-state index < -0.39 is 0 Å². The Labute approximate surface area is 178 Å². The minimum atomic E-state index is 0.565. The van der Waals surface area contributed by atoms with Crippen molar-refractivity contribution in [2.75, 3.05) is 52.0 Å². The first-order valence-electron chi connectivity index (χ1n) is 10.3. The Morgan fingerprint density at radius 2 is 1.87 bits per heavy atom. The van der Waals surface area contributed by atoms with Crippen molar-refractivity contribution in [1.82, 2.24) is 5.32 Å². The van der Waals surface area contributed by atoms with Gasteiger partial charge in [0, 0.05) is 31.8 Å². The van der Waals surface area contributed by atoms with Crippen LogP contribution in [0, 0.1) is 6.92 Å². The molecule has 1 heterocycles. The van der Waals surface area contributed by atoms with Gasteiger partial charge in [-0.3, -0.25) is 0 Å². The Kier molecular flexibility index (Phi) is 8.80. The van der Waals surface area contributed by atoms with Crippen LogP contribution in [0.1, 0.15) is 17.5 Å². The molecule has 162 valence electrons. The Morgan fingerprint density at radius 1 is 1.03 bits per heavy atom. The van der Waals surface area contributed by atoms with E-state index in [1.807, 2.05) is 30.3 Å². The van der Waals surface area contributed by atoms with E-state index in [0.29, 0.717) is 52.1 Å². The Bertz CT molecular complexity index is 826. The molecular formula is C23H31N3O4. The van der Waals surface area contributed by atoms with Gasteiger partial charge in [0.2, 0.25) is 0 Å². The molecule has 0 aromatic heterocycles. The molecule has 2 aromatic carbocycles. The molecule has 0 saturated heterocycles. The molecule has 0 saturated carbocycles. The lowest BCUT2D eigenvalue weighted by molar-refractivity contribution is 0.0734. The number of guanidine groups is 1. The molecule has 3 rings (SSSR count). The van der Waals surface area contributed by atoms with Gasteiger partial charge < -0.3 is 29.6 Å². The molecule has 2 aromatic rings. The van der Waals surface area contributed by atoms with Crippen molar-refractivity contribution in [2.24, 2.45) is 4.99 Å². The second kappa shape index (κ2) is 12.0.